The van der Waals surface area contributed by atoms with Crippen molar-refractivity contribution in [3.63, 3.8) is 0 Å². The zero-order valence-electron chi connectivity index (χ0n) is 14.5. The minimum absolute atomic E-state index is 0.695. The normalized spacial score (nSPS) is 11.4. The monoisotopic (exact) mass is 355 g/mol. The van der Waals surface area contributed by atoms with Crippen LogP contribution in [0.25, 0.3) is 22.1 Å². The Morgan fingerprint density at radius 2 is 1.22 bits per heavy atom. The molecule has 0 atom stereocenters. The van der Waals surface area contributed by atoms with Gasteiger partial charge in [0.15, 0.2) is 0 Å². The maximum absolute atomic E-state index is 6.36. The van der Waals surface area contributed by atoms with Gasteiger partial charge in [-0.3, -0.25) is 10.2 Å². The summed E-state index contributed by atoms with van der Waals surface area (Å²) in [6.07, 6.45) is 1.43. The van der Waals surface area contributed by atoms with Crippen molar-refractivity contribution >= 4 is 27.8 Å². The molecule has 7 heteroatoms. The summed E-state index contributed by atoms with van der Waals surface area (Å²) >= 11 is 0. The van der Waals surface area contributed by atoms with Crippen molar-refractivity contribution in [3.8, 4) is 0 Å². The molecule has 132 valence electrons. The Morgan fingerprint density at radius 1 is 0.667 bits per heavy atom. The van der Waals surface area contributed by atoms with E-state index in [1.54, 1.807) is 0 Å². The number of nitrogens with two attached hydrogens (primary N) is 1. The summed E-state index contributed by atoms with van der Waals surface area (Å²) in [7, 11) is 0. The summed E-state index contributed by atoms with van der Waals surface area (Å²) in [5, 5.41) is 22.1. The van der Waals surface area contributed by atoms with Crippen LogP contribution < -0.4 is 5.73 Å². The maximum Gasteiger partial charge on any atom is 0.116 e. The highest BCUT2D eigenvalue weighted by molar-refractivity contribution is 5.79. The van der Waals surface area contributed by atoms with Gasteiger partial charge in [-0.2, -0.15) is 0 Å². The van der Waals surface area contributed by atoms with E-state index in [2.05, 4.69) is 49.0 Å². The molecule has 5 rings (SSSR count). The minimum atomic E-state index is 0.695. The Labute approximate surface area is 154 Å². The lowest BCUT2D eigenvalue weighted by Gasteiger charge is -2.13. The third-order valence-corrected chi connectivity index (χ3v) is 4.94. The number of anilines is 1. The van der Waals surface area contributed by atoms with E-state index in [9.17, 15) is 0 Å². The number of fused-ring (bicyclic) bond motifs is 2. The number of nitrogen functional groups attached to an aromatic ring is 1. The van der Waals surface area contributed by atoms with Crippen LogP contribution >= 0.6 is 0 Å². The fourth-order valence-corrected chi connectivity index (χ4v) is 3.57. The Balaban J connectivity index is 1.58. The molecule has 0 saturated heterocycles. The zero-order valence-corrected chi connectivity index (χ0v) is 14.5. The molecule has 0 aliphatic heterocycles. The Hall–Kier alpha value is -3.74. The third-order valence-electron chi connectivity index (χ3n) is 4.94. The number of aromatic nitrogens is 6. The second kappa shape index (κ2) is 6.21. The van der Waals surface area contributed by atoms with Gasteiger partial charge in [-0.25, -0.2) is 0 Å². The third kappa shape index (κ3) is 2.69. The Kier molecular flexibility index (Phi) is 3.57. The highest BCUT2D eigenvalue weighted by Crippen LogP contribution is 2.27. The second-order valence-corrected chi connectivity index (χ2v) is 6.59. The van der Waals surface area contributed by atoms with Gasteiger partial charge >= 0.3 is 0 Å². The number of rotatable bonds is 4. The number of benzene rings is 3. The van der Waals surface area contributed by atoms with E-state index in [1.807, 2.05) is 36.4 Å². The van der Waals surface area contributed by atoms with Gasteiger partial charge < -0.3 is 5.73 Å². The maximum atomic E-state index is 6.36. The molecule has 0 bridgehead atoms. The average molecular weight is 355 g/mol. The fourth-order valence-electron chi connectivity index (χ4n) is 3.57. The molecule has 0 amide bonds. The SMILES string of the molecule is Nc1cccc(Cc2cccc3[nH]nnc23)c1Cc1cccc2[nH]nnc12. The van der Waals surface area contributed by atoms with E-state index < -0.39 is 0 Å². The molecular weight excluding hydrogens is 338 g/mol. The van der Waals surface area contributed by atoms with E-state index in [4.69, 9.17) is 5.73 Å². The molecule has 0 fully saturated rings. The van der Waals surface area contributed by atoms with Gasteiger partial charge in [-0.15, -0.1) is 10.2 Å². The molecule has 3 aromatic carbocycles. The van der Waals surface area contributed by atoms with Crippen molar-refractivity contribution in [2.24, 2.45) is 0 Å². The number of aromatic amines is 2. The van der Waals surface area contributed by atoms with E-state index in [-0.39, 0.29) is 0 Å². The van der Waals surface area contributed by atoms with Crippen molar-refractivity contribution in [2.75, 3.05) is 5.73 Å². The van der Waals surface area contributed by atoms with E-state index in [1.165, 1.54) is 5.56 Å². The van der Waals surface area contributed by atoms with Gasteiger partial charge in [-0.1, -0.05) is 46.8 Å². The molecule has 5 aromatic rings. The standard InChI is InChI=1S/C20H17N7/c21-16-7-1-4-12(10-13-5-2-8-17-19(13)24-26-22-17)15(16)11-14-6-3-9-18-20(14)25-27-23-18/h1-9H,10-11,21H2,(H,22,24,26)(H,23,25,27). The first kappa shape index (κ1) is 15.5. The van der Waals surface area contributed by atoms with Crippen LogP contribution in [0.2, 0.25) is 0 Å². The van der Waals surface area contributed by atoms with Crippen LogP contribution in [0.4, 0.5) is 5.69 Å². The molecular formula is C20H17N7. The zero-order chi connectivity index (χ0) is 18.2. The van der Waals surface area contributed by atoms with Crippen molar-refractivity contribution in [1.29, 1.82) is 0 Å². The molecule has 0 aliphatic carbocycles. The van der Waals surface area contributed by atoms with Crippen LogP contribution in [0.15, 0.2) is 54.6 Å². The van der Waals surface area contributed by atoms with Gasteiger partial charge in [0.1, 0.15) is 11.0 Å². The highest BCUT2D eigenvalue weighted by atomic mass is 15.3. The minimum Gasteiger partial charge on any atom is -0.398 e. The average Bonchev–Trinajstić information content (AvgIpc) is 3.34. The smallest absolute Gasteiger partial charge is 0.116 e. The van der Waals surface area contributed by atoms with Crippen LogP contribution in [0.5, 0.6) is 0 Å². The lowest BCUT2D eigenvalue weighted by atomic mass is 9.93. The van der Waals surface area contributed by atoms with Crippen LogP contribution in [0.3, 0.4) is 0 Å². The van der Waals surface area contributed by atoms with Gasteiger partial charge in [0.05, 0.1) is 11.0 Å². The predicted octanol–water partition coefficient (Wildman–Crippen LogP) is 2.99. The first-order valence-corrected chi connectivity index (χ1v) is 8.73. The van der Waals surface area contributed by atoms with Gasteiger partial charge in [0.2, 0.25) is 0 Å². The molecule has 27 heavy (non-hydrogen) atoms. The summed E-state index contributed by atoms with van der Waals surface area (Å²) in [4.78, 5) is 0. The first-order valence-electron chi connectivity index (χ1n) is 8.73. The van der Waals surface area contributed by atoms with Crippen LogP contribution in [0.1, 0.15) is 22.3 Å². The van der Waals surface area contributed by atoms with Crippen LogP contribution in [-0.4, -0.2) is 30.8 Å². The topological polar surface area (TPSA) is 109 Å². The summed E-state index contributed by atoms with van der Waals surface area (Å²) in [6.45, 7) is 0. The Morgan fingerprint density at radius 3 is 1.89 bits per heavy atom. The highest BCUT2D eigenvalue weighted by Gasteiger charge is 2.13. The number of H-pyrrole nitrogens is 2. The molecule has 0 radical (unpaired) electrons. The van der Waals surface area contributed by atoms with Crippen LogP contribution in [0, 0.1) is 0 Å². The van der Waals surface area contributed by atoms with Gasteiger partial charge in [0, 0.05) is 18.5 Å². The molecule has 0 spiro atoms. The number of hydrogen-bond acceptors (Lipinski definition) is 5. The van der Waals surface area contributed by atoms with Gasteiger partial charge in [0.25, 0.3) is 0 Å². The molecule has 7 nitrogen and oxygen atoms in total. The van der Waals surface area contributed by atoms with E-state index in [0.717, 1.165) is 50.9 Å². The second-order valence-electron chi connectivity index (χ2n) is 6.59. The van der Waals surface area contributed by atoms with E-state index in [0.29, 0.717) is 6.42 Å². The summed E-state index contributed by atoms with van der Waals surface area (Å²) in [5.41, 5.74) is 15.3. The number of hydrogen-bond donors (Lipinski definition) is 3. The molecule has 4 N–H and O–H groups in total. The van der Waals surface area contributed by atoms with Crippen LogP contribution in [-0.2, 0) is 12.8 Å². The molecule has 0 aliphatic rings. The fraction of sp³-hybridized carbons (Fsp3) is 0.100. The molecule has 2 heterocycles. The number of nitrogens with one attached hydrogen (secondary N) is 2. The summed E-state index contributed by atoms with van der Waals surface area (Å²) in [6, 6.07) is 18.2. The first-order chi connectivity index (χ1) is 13.3. The van der Waals surface area contributed by atoms with Crippen molar-refractivity contribution in [1.82, 2.24) is 30.8 Å². The van der Waals surface area contributed by atoms with Gasteiger partial charge in [-0.05, 0) is 40.5 Å². The Bertz CT molecular complexity index is 1250. The predicted molar refractivity (Wildman–Crippen MR) is 104 cm³/mol. The largest absolute Gasteiger partial charge is 0.398 e. The molecule has 0 unspecified atom stereocenters. The molecule has 0 saturated carbocycles. The quantitative estimate of drug-likeness (QED) is 0.429. The summed E-state index contributed by atoms with van der Waals surface area (Å²) in [5.74, 6) is 0. The van der Waals surface area contributed by atoms with Crippen molar-refractivity contribution in [2.45, 2.75) is 12.8 Å². The summed E-state index contributed by atoms with van der Waals surface area (Å²) < 4.78 is 0. The number of nitrogens with zero attached hydrogens (tertiary/aromatic N) is 4. The van der Waals surface area contributed by atoms with Crippen molar-refractivity contribution in [3.05, 3.63) is 76.9 Å². The lowest BCUT2D eigenvalue weighted by molar-refractivity contribution is 0.955. The van der Waals surface area contributed by atoms with E-state index >= 15 is 0 Å². The molecule has 2 aromatic heterocycles. The van der Waals surface area contributed by atoms with Crippen molar-refractivity contribution < 1.29 is 0 Å². The lowest BCUT2D eigenvalue weighted by Crippen LogP contribution is -2.03.